The molecule has 0 radical (unpaired) electrons. The van der Waals surface area contributed by atoms with Crippen molar-refractivity contribution in [3.8, 4) is 0 Å². The molecule has 98 valence electrons. The fraction of sp³-hybridized carbons (Fsp3) is 0.929. The van der Waals surface area contributed by atoms with Crippen LogP contribution in [-0.4, -0.2) is 24.5 Å². The first-order chi connectivity index (χ1) is 8.00. The number of nitrogens with one attached hydrogen (secondary N) is 2. The molecule has 1 aliphatic carbocycles. The first-order valence-corrected chi connectivity index (χ1v) is 7.04. The zero-order chi connectivity index (χ0) is 12.5. The normalized spacial score (nSPS) is 30.4. The van der Waals surface area contributed by atoms with Gasteiger partial charge < -0.3 is 10.6 Å². The number of hydrogen-bond acceptors (Lipinski definition) is 2. The lowest BCUT2D eigenvalue weighted by atomic mass is 9.76. The predicted molar refractivity (Wildman–Crippen MR) is 69.8 cm³/mol. The molecule has 2 aliphatic rings. The quantitative estimate of drug-likeness (QED) is 0.790. The molecule has 1 amide bonds. The average Bonchev–Trinajstić information content (AvgIpc) is 2.13. The monoisotopic (exact) mass is 238 g/mol. The molecule has 0 aromatic carbocycles. The highest BCUT2D eigenvalue weighted by atomic mass is 16.2. The summed E-state index contributed by atoms with van der Waals surface area (Å²) in [6.07, 6.45) is 6.20. The summed E-state index contributed by atoms with van der Waals surface area (Å²) in [6, 6.07) is 0.328. The van der Waals surface area contributed by atoms with E-state index in [0.717, 1.165) is 13.0 Å². The Morgan fingerprint density at radius 3 is 2.59 bits per heavy atom. The lowest BCUT2D eigenvalue weighted by Gasteiger charge is -2.40. The first-order valence-electron chi connectivity index (χ1n) is 7.04. The fourth-order valence-corrected chi connectivity index (χ4v) is 3.02. The van der Waals surface area contributed by atoms with Gasteiger partial charge in [-0.3, -0.25) is 4.79 Å². The Morgan fingerprint density at radius 2 is 2.06 bits per heavy atom. The van der Waals surface area contributed by atoms with Crippen molar-refractivity contribution in [2.75, 3.05) is 6.54 Å². The largest absolute Gasteiger partial charge is 0.352 e. The van der Waals surface area contributed by atoms with Crippen molar-refractivity contribution >= 4 is 5.91 Å². The van der Waals surface area contributed by atoms with E-state index < -0.39 is 0 Å². The Morgan fingerprint density at radius 1 is 1.35 bits per heavy atom. The van der Waals surface area contributed by atoms with Crippen LogP contribution >= 0.6 is 0 Å². The van der Waals surface area contributed by atoms with Crippen molar-refractivity contribution in [1.29, 1.82) is 0 Å². The maximum absolute atomic E-state index is 12.3. The number of rotatable bonds is 3. The van der Waals surface area contributed by atoms with Gasteiger partial charge in [-0.05, 0) is 50.5 Å². The third-order valence-electron chi connectivity index (χ3n) is 4.62. The van der Waals surface area contributed by atoms with Gasteiger partial charge in [-0.2, -0.15) is 0 Å². The third kappa shape index (κ3) is 2.82. The SMILES string of the molecule is CC(NC(=O)C1NCCCC1(C)C)C1CCC1. The Bertz CT molecular complexity index is 284. The fourth-order valence-electron chi connectivity index (χ4n) is 3.02. The maximum Gasteiger partial charge on any atom is 0.237 e. The molecule has 17 heavy (non-hydrogen) atoms. The highest BCUT2D eigenvalue weighted by Crippen LogP contribution is 2.32. The van der Waals surface area contributed by atoms with Crippen LogP contribution in [0.3, 0.4) is 0 Å². The average molecular weight is 238 g/mol. The van der Waals surface area contributed by atoms with Crippen LogP contribution in [0.4, 0.5) is 0 Å². The molecule has 2 atom stereocenters. The van der Waals surface area contributed by atoms with Gasteiger partial charge in [0, 0.05) is 6.04 Å². The summed E-state index contributed by atoms with van der Waals surface area (Å²) in [7, 11) is 0. The van der Waals surface area contributed by atoms with Gasteiger partial charge >= 0.3 is 0 Å². The molecule has 2 fully saturated rings. The molecule has 0 bridgehead atoms. The topological polar surface area (TPSA) is 41.1 Å². The van der Waals surface area contributed by atoms with E-state index in [2.05, 4.69) is 31.4 Å². The number of carbonyl (C=O) groups excluding carboxylic acids is 1. The van der Waals surface area contributed by atoms with Crippen LogP contribution in [0.2, 0.25) is 0 Å². The first kappa shape index (κ1) is 12.9. The van der Waals surface area contributed by atoms with Crippen LogP contribution in [0.5, 0.6) is 0 Å². The van der Waals surface area contributed by atoms with Crippen LogP contribution < -0.4 is 10.6 Å². The lowest BCUT2D eigenvalue weighted by Crippen LogP contribution is -2.57. The Balaban J connectivity index is 1.89. The van der Waals surface area contributed by atoms with Crippen LogP contribution in [0, 0.1) is 11.3 Å². The molecule has 0 aromatic rings. The van der Waals surface area contributed by atoms with Gasteiger partial charge in [0.15, 0.2) is 0 Å². The minimum absolute atomic E-state index is 0.0150. The summed E-state index contributed by atoms with van der Waals surface area (Å²) in [4.78, 5) is 12.3. The minimum Gasteiger partial charge on any atom is -0.352 e. The maximum atomic E-state index is 12.3. The van der Waals surface area contributed by atoms with Crippen molar-refractivity contribution in [2.24, 2.45) is 11.3 Å². The summed E-state index contributed by atoms with van der Waals surface area (Å²) in [6.45, 7) is 7.51. The van der Waals surface area contributed by atoms with Crippen LogP contribution in [0.25, 0.3) is 0 Å². The molecule has 1 heterocycles. The van der Waals surface area contributed by atoms with E-state index >= 15 is 0 Å². The smallest absolute Gasteiger partial charge is 0.237 e. The van der Waals surface area contributed by atoms with Gasteiger partial charge in [0.05, 0.1) is 6.04 Å². The van der Waals surface area contributed by atoms with Gasteiger partial charge in [0.2, 0.25) is 5.91 Å². The number of amides is 1. The zero-order valence-electron chi connectivity index (χ0n) is 11.4. The molecule has 0 aromatic heterocycles. The minimum atomic E-state index is -0.0150. The molecule has 2 rings (SSSR count). The summed E-state index contributed by atoms with van der Waals surface area (Å²) in [5.74, 6) is 0.916. The number of carbonyl (C=O) groups is 1. The predicted octanol–water partition coefficient (Wildman–Crippen LogP) is 2.07. The van der Waals surface area contributed by atoms with Crippen molar-refractivity contribution in [3.05, 3.63) is 0 Å². The molecular weight excluding hydrogens is 212 g/mol. The number of hydrogen-bond donors (Lipinski definition) is 2. The van der Waals surface area contributed by atoms with E-state index in [1.807, 2.05) is 0 Å². The molecule has 0 spiro atoms. The summed E-state index contributed by atoms with van der Waals surface area (Å²) in [5.41, 5.74) is 0.0850. The molecule has 3 nitrogen and oxygen atoms in total. The van der Waals surface area contributed by atoms with Crippen LogP contribution in [-0.2, 0) is 4.79 Å². The molecule has 1 saturated heterocycles. The van der Waals surface area contributed by atoms with Gasteiger partial charge in [-0.15, -0.1) is 0 Å². The van der Waals surface area contributed by atoms with E-state index in [0.29, 0.717) is 12.0 Å². The molecule has 1 aliphatic heterocycles. The van der Waals surface area contributed by atoms with E-state index in [9.17, 15) is 4.79 Å². The second-order valence-corrected chi connectivity index (χ2v) is 6.47. The lowest BCUT2D eigenvalue weighted by molar-refractivity contribution is -0.128. The summed E-state index contributed by atoms with van der Waals surface area (Å²) < 4.78 is 0. The Hall–Kier alpha value is -0.570. The van der Waals surface area contributed by atoms with Crippen LogP contribution in [0.1, 0.15) is 52.9 Å². The van der Waals surface area contributed by atoms with Crippen molar-refractivity contribution < 1.29 is 4.79 Å². The van der Waals surface area contributed by atoms with Gasteiger partial charge in [0.25, 0.3) is 0 Å². The summed E-state index contributed by atoms with van der Waals surface area (Å²) in [5, 5.41) is 6.58. The Labute approximate surface area is 105 Å². The Kier molecular flexibility index (Phi) is 3.76. The molecule has 1 saturated carbocycles. The van der Waals surface area contributed by atoms with Crippen molar-refractivity contribution in [3.63, 3.8) is 0 Å². The van der Waals surface area contributed by atoms with E-state index in [-0.39, 0.29) is 17.4 Å². The molecule has 2 unspecified atom stereocenters. The number of piperidine rings is 1. The zero-order valence-corrected chi connectivity index (χ0v) is 11.4. The molecule has 3 heteroatoms. The van der Waals surface area contributed by atoms with Crippen molar-refractivity contribution in [2.45, 2.75) is 65.0 Å². The van der Waals surface area contributed by atoms with E-state index in [4.69, 9.17) is 0 Å². The second-order valence-electron chi connectivity index (χ2n) is 6.47. The molecular formula is C14H26N2O. The van der Waals surface area contributed by atoms with Gasteiger partial charge in [-0.1, -0.05) is 20.3 Å². The highest BCUT2D eigenvalue weighted by molar-refractivity contribution is 5.83. The van der Waals surface area contributed by atoms with Gasteiger partial charge in [0.1, 0.15) is 0 Å². The van der Waals surface area contributed by atoms with Gasteiger partial charge in [-0.25, -0.2) is 0 Å². The van der Waals surface area contributed by atoms with E-state index in [1.165, 1.54) is 25.7 Å². The summed E-state index contributed by atoms with van der Waals surface area (Å²) >= 11 is 0. The van der Waals surface area contributed by atoms with Crippen LogP contribution in [0.15, 0.2) is 0 Å². The molecule has 2 N–H and O–H groups in total. The second kappa shape index (κ2) is 4.97. The standard InChI is InChI=1S/C14H26N2O/c1-10(11-6-4-7-11)16-13(17)12-14(2,3)8-5-9-15-12/h10-12,15H,4-9H2,1-3H3,(H,16,17). The highest BCUT2D eigenvalue weighted by Gasteiger charge is 2.38. The third-order valence-corrected chi connectivity index (χ3v) is 4.62. The van der Waals surface area contributed by atoms with Crippen molar-refractivity contribution in [1.82, 2.24) is 10.6 Å². The van der Waals surface area contributed by atoms with E-state index in [1.54, 1.807) is 0 Å².